The fourth-order valence-corrected chi connectivity index (χ4v) is 9.99. The second kappa shape index (κ2) is 22.0. The lowest BCUT2D eigenvalue weighted by molar-refractivity contribution is 0.0221. The maximum Gasteiger partial charge on any atom is 0.410 e. The van der Waals surface area contributed by atoms with Gasteiger partial charge in [0.25, 0.3) is 11.8 Å². The summed E-state index contributed by atoms with van der Waals surface area (Å²) in [5.41, 5.74) is 3.66. The number of para-hydroxylation sites is 2. The molecule has 0 saturated carbocycles. The molecule has 2 atom stereocenters. The maximum absolute atomic E-state index is 13.6. The molecule has 8 rings (SSSR count). The summed E-state index contributed by atoms with van der Waals surface area (Å²) in [5.74, 6) is 0.608. The molecular weight excluding hydrogens is 915 g/mol. The van der Waals surface area contributed by atoms with E-state index in [1.165, 1.54) is 20.9 Å². The standard InChI is InChI=1S/C26H30ClN3O4S.C21H22ClN3O2S.ClH/c1-26(2,3)34-25(32)29-15-7-9-21(29)20-16-17(11-12-18-13-14-23(27)35-18)30(28-20)24(31)19-8-5-6-10-22(19)33-4;1-27-19-7-3-2-5-16(19)21(26)25-14(8-9-15-10-11-20(22)28-15)13-18(24-25)17-6-4-12-23-17;/h5-6,8,10,13-14,16,21H,7,9,11-12,15H2,1-4H3;2-3,5,7,10-11,13,17,23H,4,6,8-9,12H2,1H3;1H. The first-order valence-corrected chi connectivity index (χ1v) is 23.4. The van der Waals surface area contributed by atoms with E-state index in [4.69, 9.17) is 42.5 Å². The minimum Gasteiger partial charge on any atom is -0.496 e. The van der Waals surface area contributed by atoms with Crippen LogP contribution in [-0.4, -0.2) is 75.3 Å². The monoisotopic (exact) mass is 966 g/mol. The lowest BCUT2D eigenvalue weighted by Gasteiger charge is -2.27. The Labute approximate surface area is 398 Å². The van der Waals surface area contributed by atoms with Crippen LogP contribution in [0.1, 0.15) is 112 Å². The molecule has 1 N–H and O–H groups in total. The number of rotatable bonds is 12. The summed E-state index contributed by atoms with van der Waals surface area (Å²) in [6.45, 7) is 7.14. The van der Waals surface area contributed by atoms with Crippen molar-refractivity contribution in [3.8, 4) is 11.5 Å². The van der Waals surface area contributed by atoms with Crippen LogP contribution in [0, 0.1) is 0 Å². The number of carbonyl (C=O) groups excluding carboxylic acids is 3. The van der Waals surface area contributed by atoms with Crippen molar-refractivity contribution in [1.82, 2.24) is 29.8 Å². The van der Waals surface area contributed by atoms with Gasteiger partial charge in [0.1, 0.15) is 17.1 Å². The smallest absolute Gasteiger partial charge is 0.410 e. The first-order valence-electron chi connectivity index (χ1n) is 21.1. The van der Waals surface area contributed by atoms with E-state index in [0.29, 0.717) is 41.3 Å². The average Bonchev–Trinajstić information content (AvgIpc) is 4.13. The van der Waals surface area contributed by atoms with Crippen LogP contribution < -0.4 is 14.8 Å². The minimum absolute atomic E-state index is 0. The molecule has 1 amide bonds. The van der Waals surface area contributed by atoms with Gasteiger partial charge in [0.2, 0.25) is 0 Å². The van der Waals surface area contributed by atoms with Gasteiger partial charge >= 0.3 is 6.09 Å². The van der Waals surface area contributed by atoms with Gasteiger partial charge in [0.15, 0.2) is 0 Å². The first-order chi connectivity index (χ1) is 30.3. The Morgan fingerprint density at radius 1 is 0.719 bits per heavy atom. The Balaban J connectivity index is 0.000000214. The number of nitrogens with one attached hydrogen (secondary N) is 1. The van der Waals surface area contributed by atoms with Gasteiger partial charge in [-0.25, -0.2) is 14.2 Å². The largest absolute Gasteiger partial charge is 0.496 e. The summed E-state index contributed by atoms with van der Waals surface area (Å²) in [5, 5.41) is 12.9. The highest BCUT2D eigenvalue weighted by molar-refractivity contribution is 7.16. The van der Waals surface area contributed by atoms with Crippen LogP contribution in [0.5, 0.6) is 11.5 Å². The van der Waals surface area contributed by atoms with Gasteiger partial charge in [-0.2, -0.15) is 10.2 Å². The molecule has 2 aliphatic rings. The van der Waals surface area contributed by atoms with E-state index in [9.17, 15) is 14.4 Å². The molecule has 2 fully saturated rings. The summed E-state index contributed by atoms with van der Waals surface area (Å²) < 4.78 is 20.9. The molecule has 6 heterocycles. The number of amides is 1. The Morgan fingerprint density at radius 3 is 1.70 bits per heavy atom. The summed E-state index contributed by atoms with van der Waals surface area (Å²) in [6, 6.07) is 26.2. The van der Waals surface area contributed by atoms with Gasteiger partial charge in [0.05, 0.1) is 57.5 Å². The predicted molar refractivity (Wildman–Crippen MR) is 256 cm³/mol. The van der Waals surface area contributed by atoms with E-state index in [1.54, 1.807) is 65.5 Å². The van der Waals surface area contributed by atoms with Crippen LogP contribution in [0.2, 0.25) is 8.67 Å². The molecule has 340 valence electrons. The number of nitrogens with zero attached hydrogens (tertiary/aromatic N) is 5. The number of benzene rings is 2. The van der Waals surface area contributed by atoms with Gasteiger partial charge in [-0.3, -0.25) is 14.5 Å². The Kier molecular flexibility index (Phi) is 16.7. The predicted octanol–water partition coefficient (Wildman–Crippen LogP) is 11.1. The Morgan fingerprint density at radius 2 is 1.23 bits per heavy atom. The number of halogens is 3. The normalized spacial score (nSPS) is 15.9. The van der Waals surface area contributed by atoms with Crippen molar-refractivity contribution in [1.29, 1.82) is 0 Å². The summed E-state index contributed by atoms with van der Waals surface area (Å²) in [6.07, 6.45) is 6.28. The van der Waals surface area contributed by atoms with Gasteiger partial charge in [-0.1, -0.05) is 47.5 Å². The molecule has 0 spiro atoms. The molecule has 2 aromatic carbocycles. The van der Waals surface area contributed by atoms with Gasteiger partial charge in [-0.05, 0) is 139 Å². The van der Waals surface area contributed by atoms with Crippen molar-refractivity contribution in [2.75, 3.05) is 27.3 Å². The lowest BCUT2D eigenvalue weighted by atomic mass is 10.1. The highest BCUT2D eigenvalue weighted by Crippen LogP contribution is 2.34. The zero-order valence-corrected chi connectivity index (χ0v) is 40.4. The molecule has 4 aromatic heterocycles. The van der Waals surface area contributed by atoms with Crippen molar-refractivity contribution < 1.29 is 28.6 Å². The number of hydrogen-bond acceptors (Lipinski definition) is 11. The molecule has 64 heavy (non-hydrogen) atoms. The van der Waals surface area contributed by atoms with E-state index in [-0.39, 0.29) is 42.4 Å². The zero-order chi connectivity index (χ0) is 44.7. The quantitative estimate of drug-likeness (QED) is 0.127. The molecule has 17 heteroatoms. The SMILES string of the molecule is COc1ccccc1C(=O)n1nc(C2CCCN2)cc1CCc1ccc(Cl)s1.COc1ccccc1C(=O)n1nc(C2CCCN2C(=O)OC(C)(C)C)cc1CCc1ccc(Cl)s1.Cl. The van der Waals surface area contributed by atoms with Gasteiger partial charge < -0.3 is 19.5 Å². The second-order valence-electron chi connectivity index (χ2n) is 16.3. The number of carbonyl (C=O) groups is 3. The summed E-state index contributed by atoms with van der Waals surface area (Å²) in [7, 11) is 3.11. The lowest BCUT2D eigenvalue weighted by Crippen LogP contribution is -2.36. The van der Waals surface area contributed by atoms with Crippen molar-refractivity contribution >= 4 is 76.2 Å². The highest BCUT2D eigenvalue weighted by Gasteiger charge is 2.36. The summed E-state index contributed by atoms with van der Waals surface area (Å²) in [4.78, 5) is 43.8. The molecular formula is C47H53Cl3N6O6S2. The second-order valence-corrected chi connectivity index (χ2v) is 19.9. The number of thiophene rings is 2. The average molecular weight is 968 g/mol. The third-order valence-electron chi connectivity index (χ3n) is 10.8. The number of likely N-dealkylation sites (tertiary alicyclic amines) is 1. The van der Waals surface area contributed by atoms with Crippen molar-refractivity contribution in [2.24, 2.45) is 0 Å². The third kappa shape index (κ3) is 11.9. The molecule has 12 nitrogen and oxygen atoms in total. The molecule has 6 aromatic rings. The van der Waals surface area contributed by atoms with Crippen molar-refractivity contribution in [3.63, 3.8) is 0 Å². The van der Waals surface area contributed by atoms with Crippen LogP contribution in [0.25, 0.3) is 0 Å². The fraction of sp³-hybridized carbons (Fsp3) is 0.383. The number of hydrogen-bond donors (Lipinski definition) is 1. The first kappa shape index (κ1) is 48.7. The topological polar surface area (TPSA) is 130 Å². The summed E-state index contributed by atoms with van der Waals surface area (Å²) >= 11 is 15.3. The van der Waals surface area contributed by atoms with E-state index in [2.05, 4.69) is 16.5 Å². The van der Waals surface area contributed by atoms with Crippen LogP contribution in [0.15, 0.2) is 84.9 Å². The fourth-order valence-electron chi connectivity index (χ4n) is 7.82. The molecule has 0 radical (unpaired) electrons. The number of ether oxygens (including phenoxy) is 3. The number of methoxy groups -OCH3 is 2. The van der Waals surface area contributed by atoms with Crippen LogP contribution >= 0.6 is 58.3 Å². The van der Waals surface area contributed by atoms with Crippen molar-refractivity contribution in [2.45, 2.75) is 89.8 Å². The van der Waals surface area contributed by atoms with Gasteiger partial charge in [0, 0.05) is 27.7 Å². The Hall–Kier alpha value is -4.70. The van der Waals surface area contributed by atoms with Crippen LogP contribution in [0.4, 0.5) is 4.79 Å². The molecule has 2 saturated heterocycles. The Bertz CT molecular complexity index is 2540. The van der Waals surface area contributed by atoms with Gasteiger partial charge in [-0.15, -0.1) is 35.1 Å². The molecule has 0 bridgehead atoms. The van der Waals surface area contributed by atoms with E-state index < -0.39 is 5.60 Å². The molecule has 2 aliphatic heterocycles. The number of aryl methyl sites for hydroxylation is 4. The number of aromatic nitrogens is 4. The van der Waals surface area contributed by atoms with E-state index in [1.807, 2.05) is 69.3 Å². The highest BCUT2D eigenvalue weighted by atomic mass is 35.5. The zero-order valence-electron chi connectivity index (χ0n) is 36.5. The molecule has 0 aliphatic carbocycles. The van der Waals surface area contributed by atoms with E-state index >= 15 is 0 Å². The van der Waals surface area contributed by atoms with Crippen molar-refractivity contribution in [3.05, 3.63) is 137 Å². The van der Waals surface area contributed by atoms with Crippen LogP contribution in [-0.2, 0) is 30.4 Å². The minimum atomic E-state index is -0.587. The van der Waals surface area contributed by atoms with Crippen LogP contribution in [0.3, 0.4) is 0 Å². The van der Waals surface area contributed by atoms with E-state index in [0.717, 1.165) is 82.1 Å². The maximum atomic E-state index is 13.6. The molecule has 2 unspecified atom stereocenters. The third-order valence-corrected chi connectivity index (χ3v) is 13.4.